The molecule has 0 atom stereocenters. The van der Waals surface area contributed by atoms with Gasteiger partial charge in [0.2, 0.25) is 5.82 Å². The van der Waals surface area contributed by atoms with Crippen LogP contribution in [0.4, 0.5) is 0 Å². The van der Waals surface area contributed by atoms with Crippen molar-refractivity contribution in [2.45, 2.75) is 13.3 Å². The fourth-order valence-electron chi connectivity index (χ4n) is 1.47. The molecule has 0 aliphatic heterocycles. The van der Waals surface area contributed by atoms with Crippen molar-refractivity contribution < 1.29 is 4.79 Å². The standard InChI is InChI=1S/C10H14N6O/c1-7-13-9(15-14-7)10(17)11-5-3-8-4-6-12-16(8)2/h4,6H,3,5H2,1-2H3,(H,11,17)(H,13,14,15). The van der Waals surface area contributed by atoms with Crippen molar-refractivity contribution in [2.24, 2.45) is 7.05 Å². The minimum absolute atomic E-state index is 0.174. The molecule has 7 nitrogen and oxygen atoms in total. The first-order valence-electron chi connectivity index (χ1n) is 5.31. The second-order valence-electron chi connectivity index (χ2n) is 3.70. The second-order valence-corrected chi connectivity index (χ2v) is 3.70. The maximum Gasteiger partial charge on any atom is 0.290 e. The van der Waals surface area contributed by atoms with Gasteiger partial charge in [-0.05, 0) is 13.0 Å². The van der Waals surface area contributed by atoms with Crippen LogP contribution >= 0.6 is 0 Å². The highest BCUT2D eigenvalue weighted by molar-refractivity contribution is 5.90. The van der Waals surface area contributed by atoms with Gasteiger partial charge in [-0.3, -0.25) is 14.6 Å². The highest BCUT2D eigenvalue weighted by Crippen LogP contribution is 1.96. The fraction of sp³-hybridized carbons (Fsp3) is 0.400. The van der Waals surface area contributed by atoms with E-state index in [0.29, 0.717) is 12.4 Å². The molecular weight excluding hydrogens is 220 g/mol. The Morgan fingerprint density at radius 3 is 3.00 bits per heavy atom. The molecule has 17 heavy (non-hydrogen) atoms. The van der Waals surface area contributed by atoms with E-state index in [2.05, 4.69) is 25.6 Å². The number of hydrogen-bond donors (Lipinski definition) is 2. The maximum atomic E-state index is 11.6. The number of nitrogens with one attached hydrogen (secondary N) is 2. The zero-order valence-electron chi connectivity index (χ0n) is 9.77. The van der Waals surface area contributed by atoms with Crippen molar-refractivity contribution in [2.75, 3.05) is 6.54 Å². The van der Waals surface area contributed by atoms with E-state index in [1.807, 2.05) is 13.1 Å². The summed E-state index contributed by atoms with van der Waals surface area (Å²) in [4.78, 5) is 15.5. The zero-order valence-corrected chi connectivity index (χ0v) is 9.77. The first kappa shape index (κ1) is 11.3. The highest BCUT2D eigenvalue weighted by Gasteiger charge is 2.10. The molecule has 0 aromatic carbocycles. The molecule has 0 radical (unpaired) electrons. The van der Waals surface area contributed by atoms with Crippen molar-refractivity contribution in [1.82, 2.24) is 30.3 Å². The van der Waals surface area contributed by atoms with Crippen LogP contribution in [-0.4, -0.2) is 37.4 Å². The van der Waals surface area contributed by atoms with Gasteiger partial charge in [-0.25, -0.2) is 4.98 Å². The van der Waals surface area contributed by atoms with Gasteiger partial charge >= 0.3 is 0 Å². The van der Waals surface area contributed by atoms with Crippen LogP contribution < -0.4 is 5.32 Å². The van der Waals surface area contributed by atoms with Crippen LogP contribution in [0.25, 0.3) is 0 Å². The van der Waals surface area contributed by atoms with Gasteiger partial charge in [0, 0.05) is 31.9 Å². The molecule has 7 heteroatoms. The fourth-order valence-corrected chi connectivity index (χ4v) is 1.47. The van der Waals surface area contributed by atoms with Crippen molar-refractivity contribution in [3.8, 4) is 0 Å². The average molecular weight is 234 g/mol. The SMILES string of the molecule is Cc1nc(C(=O)NCCc2ccnn2C)n[nH]1. The van der Waals surface area contributed by atoms with Crippen molar-refractivity contribution in [1.29, 1.82) is 0 Å². The summed E-state index contributed by atoms with van der Waals surface area (Å²) in [5.74, 6) is 0.533. The number of H-pyrrole nitrogens is 1. The van der Waals surface area contributed by atoms with E-state index in [1.54, 1.807) is 17.8 Å². The summed E-state index contributed by atoms with van der Waals surface area (Å²) in [5.41, 5.74) is 1.07. The number of aryl methyl sites for hydroxylation is 2. The van der Waals surface area contributed by atoms with Crippen LogP contribution in [0.2, 0.25) is 0 Å². The highest BCUT2D eigenvalue weighted by atomic mass is 16.2. The average Bonchev–Trinajstić information content (AvgIpc) is 2.88. The van der Waals surface area contributed by atoms with Crippen molar-refractivity contribution >= 4 is 5.91 Å². The third-order valence-corrected chi connectivity index (χ3v) is 2.39. The second kappa shape index (κ2) is 4.77. The molecule has 2 rings (SSSR count). The Kier molecular flexibility index (Phi) is 3.17. The Balaban J connectivity index is 1.83. The van der Waals surface area contributed by atoms with Crippen LogP contribution in [0.15, 0.2) is 12.3 Å². The maximum absolute atomic E-state index is 11.6. The van der Waals surface area contributed by atoms with Gasteiger partial charge in [0.05, 0.1) is 0 Å². The summed E-state index contributed by atoms with van der Waals surface area (Å²) in [6.45, 7) is 2.28. The number of carbonyl (C=O) groups is 1. The number of aromatic nitrogens is 5. The van der Waals surface area contributed by atoms with Crippen LogP contribution in [0, 0.1) is 6.92 Å². The lowest BCUT2D eigenvalue weighted by molar-refractivity contribution is 0.0944. The normalized spacial score (nSPS) is 10.5. The number of hydrogen-bond acceptors (Lipinski definition) is 4. The van der Waals surface area contributed by atoms with Gasteiger partial charge in [0.25, 0.3) is 5.91 Å². The van der Waals surface area contributed by atoms with Crippen molar-refractivity contribution in [3.05, 3.63) is 29.6 Å². The monoisotopic (exact) mass is 234 g/mol. The van der Waals surface area contributed by atoms with E-state index in [4.69, 9.17) is 0 Å². The van der Waals surface area contributed by atoms with E-state index in [1.165, 1.54) is 0 Å². The van der Waals surface area contributed by atoms with E-state index in [9.17, 15) is 4.79 Å². The third kappa shape index (κ3) is 2.68. The molecule has 90 valence electrons. The zero-order chi connectivity index (χ0) is 12.3. The van der Waals surface area contributed by atoms with Gasteiger partial charge in [-0.1, -0.05) is 0 Å². The Bertz CT molecular complexity index is 514. The van der Waals surface area contributed by atoms with Gasteiger partial charge in [-0.2, -0.15) is 5.10 Å². The van der Waals surface area contributed by atoms with E-state index >= 15 is 0 Å². The number of carbonyl (C=O) groups excluding carboxylic acids is 1. The molecule has 1 amide bonds. The molecule has 2 N–H and O–H groups in total. The molecule has 0 aliphatic rings. The third-order valence-electron chi connectivity index (χ3n) is 2.39. The van der Waals surface area contributed by atoms with E-state index < -0.39 is 0 Å². The van der Waals surface area contributed by atoms with Crippen LogP contribution in [0.3, 0.4) is 0 Å². The Hall–Kier alpha value is -2.18. The lowest BCUT2D eigenvalue weighted by atomic mass is 10.3. The quantitative estimate of drug-likeness (QED) is 0.768. The summed E-state index contributed by atoms with van der Waals surface area (Å²) < 4.78 is 1.78. The molecule has 0 aliphatic carbocycles. The van der Waals surface area contributed by atoms with Gasteiger partial charge < -0.3 is 5.32 Å². The van der Waals surface area contributed by atoms with Crippen LogP contribution in [0.5, 0.6) is 0 Å². The Labute approximate surface area is 98.2 Å². The van der Waals surface area contributed by atoms with Gasteiger partial charge in [-0.15, -0.1) is 5.10 Å². The molecule has 0 fully saturated rings. The molecule has 2 aromatic rings. The summed E-state index contributed by atoms with van der Waals surface area (Å²) in [7, 11) is 1.87. The Morgan fingerprint density at radius 1 is 1.59 bits per heavy atom. The lowest BCUT2D eigenvalue weighted by Crippen LogP contribution is -2.27. The summed E-state index contributed by atoms with van der Waals surface area (Å²) in [6.07, 6.45) is 2.46. The minimum atomic E-state index is -0.267. The minimum Gasteiger partial charge on any atom is -0.349 e. The number of nitrogens with zero attached hydrogens (tertiary/aromatic N) is 4. The number of aromatic amines is 1. The smallest absolute Gasteiger partial charge is 0.290 e. The summed E-state index contributed by atoms with van der Waals surface area (Å²) >= 11 is 0. The van der Waals surface area contributed by atoms with Gasteiger partial charge in [0.1, 0.15) is 5.82 Å². The number of amides is 1. The first-order chi connectivity index (χ1) is 8.16. The predicted octanol–water partition coefficient (Wildman–Crippen LogP) is -0.181. The lowest BCUT2D eigenvalue weighted by Gasteiger charge is -2.03. The summed E-state index contributed by atoms with van der Waals surface area (Å²) in [6, 6.07) is 1.92. The molecule has 2 aromatic heterocycles. The van der Waals surface area contributed by atoms with Gasteiger partial charge in [0.15, 0.2) is 0 Å². The van der Waals surface area contributed by atoms with E-state index in [0.717, 1.165) is 12.1 Å². The molecule has 0 unspecified atom stereocenters. The molecule has 0 saturated carbocycles. The molecule has 0 bridgehead atoms. The molecule has 2 heterocycles. The Morgan fingerprint density at radius 2 is 2.41 bits per heavy atom. The largest absolute Gasteiger partial charge is 0.349 e. The molecular formula is C10H14N6O. The predicted molar refractivity (Wildman–Crippen MR) is 60.4 cm³/mol. The molecule has 0 saturated heterocycles. The van der Waals surface area contributed by atoms with Crippen molar-refractivity contribution in [3.63, 3.8) is 0 Å². The topological polar surface area (TPSA) is 88.5 Å². The summed E-state index contributed by atoms with van der Waals surface area (Å²) in [5, 5.41) is 13.2. The van der Waals surface area contributed by atoms with E-state index in [-0.39, 0.29) is 11.7 Å². The first-order valence-corrected chi connectivity index (χ1v) is 5.31. The molecule has 0 spiro atoms. The van der Waals surface area contributed by atoms with Crippen LogP contribution in [0.1, 0.15) is 22.1 Å². The number of rotatable bonds is 4. The van der Waals surface area contributed by atoms with Crippen LogP contribution in [-0.2, 0) is 13.5 Å².